The molecule has 1 fully saturated rings. The van der Waals surface area contributed by atoms with Crippen LogP contribution in [0.2, 0.25) is 0 Å². The van der Waals surface area contributed by atoms with E-state index >= 15 is 0 Å². The summed E-state index contributed by atoms with van der Waals surface area (Å²) in [6.07, 6.45) is 6.73. The Bertz CT molecular complexity index is 748. The smallest absolute Gasteiger partial charge is 0.218 e. The van der Waals surface area contributed by atoms with Gasteiger partial charge in [0.05, 0.1) is 5.75 Å². The third-order valence-corrected chi connectivity index (χ3v) is 6.80. The molecular weight excluding hydrogens is 334 g/mol. The number of sulfonamides is 1. The van der Waals surface area contributed by atoms with Gasteiger partial charge in [0.2, 0.25) is 10.0 Å². The van der Waals surface area contributed by atoms with Crippen LogP contribution in [0.1, 0.15) is 50.7 Å². The Morgan fingerprint density at radius 2 is 1.92 bits per heavy atom. The molecule has 2 aliphatic rings. The molecule has 1 aromatic carbocycles. The van der Waals surface area contributed by atoms with Gasteiger partial charge in [-0.15, -0.1) is 0 Å². The number of nitrogens with one attached hydrogen (secondary N) is 1. The van der Waals surface area contributed by atoms with Crippen LogP contribution in [0.25, 0.3) is 5.57 Å². The molecule has 1 saturated heterocycles. The maximum atomic E-state index is 12.9. The summed E-state index contributed by atoms with van der Waals surface area (Å²) in [5, 5.41) is 3.37. The Morgan fingerprint density at radius 1 is 1.20 bits per heavy atom. The van der Waals surface area contributed by atoms with Crippen molar-refractivity contribution in [2.75, 3.05) is 18.8 Å². The SMILES string of the molecule is CC1CN(S(=O)(=O)Cc2ccc(N)c(C3=CCCCC3)c2)C[C@H](C)N1. The molecule has 1 heterocycles. The molecule has 138 valence electrons. The largest absolute Gasteiger partial charge is 0.398 e. The summed E-state index contributed by atoms with van der Waals surface area (Å²) in [7, 11) is -3.33. The van der Waals surface area contributed by atoms with Gasteiger partial charge >= 0.3 is 0 Å². The van der Waals surface area contributed by atoms with E-state index < -0.39 is 10.0 Å². The molecule has 0 saturated carbocycles. The molecule has 3 N–H and O–H groups in total. The number of hydrogen-bond acceptors (Lipinski definition) is 4. The lowest BCUT2D eigenvalue weighted by molar-refractivity contribution is 0.262. The van der Waals surface area contributed by atoms with Crippen molar-refractivity contribution in [3.05, 3.63) is 35.4 Å². The summed E-state index contributed by atoms with van der Waals surface area (Å²) >= 11 is 0. The predicted octanol–water partition coefficient (Wildman–Crippen LogP) is 2.74. The van der Waals surface area contributed by atoms with E-state index in [2.05, 4.69) is 11.4 Å². The van der Waals surface area contributed by atoms with E-state index in [1.807, 2.05) is 32.0 Å². The average Bonchev–Trinajstić information content (AvgIpc) is 2.56. The highest BCUT2D eigenvalue weighted by Crippen LogP contribution is 2.31. The lowest BCUT2D eigenvalue weighted by Gasteiger charge is -2.35. The fraction of sp³-hybridized carbons (Fsp3) is 0.579. The van der Waals surface area contributed by atoms with Crippen LogP contribution in [0.15, 0.2) is 24.3 Å². The first kappa shape index (κ1) is 18.4. The number of allylic oxidation sites excluding steroid dienone is 2. The van der Waals surface area contributed by atoms with E-state index in [4.69, 9.17) is 5.73 Å². The van der Waals surface area contributed by atoms with Gasteiger partial charge in [0, 0.05) is 36.4 Å². The quantitative estimate of drug-likeness (QED) is 0.807. The van der Waals surface area contributed by atoms with Gasteiger partial charge < -0.3 is 11.1 Å². The summed E-state index contributed by atoms with van der Waals surface area (Å²) in [6, 6.07) is 6.01. The van der Waals surface area contributed by atoms with Crippen LogP contribution in [0.4, 0.5) is 5.69 Å². The first-order valence-electron chi connectivity index (χ1n) is 9.17. The zero-order chi connectivity index (χ0) is 18.0. The van der Waals surface area contributed by atoms with Crippen molar-refractivity contribution < 1.29 is 8.42 Å². The maximum Gasteiger partial charge on any atom is 0.218 e. The first-order chi connectivity index (χ1) is 11.8. The standard InChI is InChI=1S/C19H29N3O2S/c1-14-11-22(12-15(2)21-14)25(23,24)13-16-8-9-19(20)18(10-16)17-6-4-3-5-7-17/h6,8-10,14-15,21H,3-5,7,11-13,20H2,1-2H3/t14-,15?/m0/s1. The van der Waals surface area contributed by atoms with Crippen molar-refractivity contribution in [1.29, 1.82) is 0 Å². The molecule has 0 amide bonds. The van der Waals surface area contributed by atoms with Gasteiger partial charge in [0.25, 0.3) is 0 Å². The van der Waals surface area contributed by atoms with E-state index in [1.54, 1.807) is 4.31 Å². The zero-order valence-electron chi connectivity index (χ0n) is 15.2. The lowest BCUT2D eigenvalue weighted by atomic mass is 9.92. The van der Waals surface area contributed by atoms with Gasteiger partial charge in [-0.1, -0.05) is 12.1 Å². The highest BCUT2D eigenvalue weighted by atomic mass is 32.2. The topological polar surface area (TPSA) is 75.4 Å². The molecule has 6 heteroatoms. The Morgan fingerprint density at radius 3 is 2.56 bits per heavy atom. The summed E-state index contributed by atoms with van der Waals surface area (Å²) in [5.74, 6) is 0.0347. The van der Waals surface area contributed by atoms with Crippen molar-refractivity contribution in [3.8, 4) is 0 Å². The maximum absolute atomic E-state index is 12.9. The number of anilines is 1. The molecule has 1 aliphatic carbocycles. The van der Waals surface area contributed by atoms with E-state index in [9.17, 15) is 8.42 Å². The van der Waals surface area contributed by atoms with Gasteiger partial charge in [-0.3, -0.25) is 0 Å². The van der Waals surface area contributed by atoms with Crippen LogP contribution in [0.3, 0.4) is 0 Å². The molecule has 0 spiro atoms. The molecule has 25 heavy (non-hydrogen) atoms. The second kappa shape index (κ2) is 7.48. The second-order valence-electron chi connectivity index (χ2n) is 7.44. The molecule has 0 radical (unpaired) electrons. The van der Waals surface area contributed by atoms with E-state index in [0.29, 0.717) is 13.1 Å². The van der Waals surface area contributed by atoms with Gasteiger partial charge in [-0.05, 0) is 62.8 Å². The van der Waals surface area contributed by atoms with Crippen LogP contribution in [-0.2, 0) is 15.8 Å². The predicted molar refractivity (Wildman–Crippen MR) is 104 cm³/mol. The van der Waals surface area contributed by atoms with Crippen molar-refractivity contribution in [1.82, 2.24) is 9.62 Å². The summed E-state index contributed by atoms with van der Waals surface area (Å²) < 4.78 is 27.4. The molecule has 2 atom stereocenters. The van der Waals surface area contributed by atoms with E-state index in [-0.39, 0.29) is 17.8 Å². The van der Waals surface area contributed by atoms with Crippen LogP contribution in [-0.4, -0.2) is 37.9 Å². The van der Waals surface area contributed by atoms with Crippen LogP contribution < -0.4 is 11.1 Å². The lowest BCUT2D eigenvalue weighted by Crippen LogP contribution is -2.55. The van der Waals surface area contributed by atoms with Gasteiger partial charge in [-0.25, -0.2) is 8.42 Å². The fourth-order valence-electron chi connectivity index (χ4n) is 3.86. The van der Waals surface area contributed by atoms with E-state index in [0.717, 1.165) is 29.7 Å². The zero-order valence-corrected chi connectivity index (χ0v) is 16.0. The Hall–Kier alpha value is -1.37. The monoisotopic (exact) mass is 363 g/mol. The molecule has 5 nitrogen and oxygen atoms in total. The normalized spacial score (nSPS) is 25.6. The minimum absolute atomic E-state index is 0.0347. The first-order valence-corrected chi connectivity index (χ1v) is 10.8. The molecule has 1 unspecified atom stereocenters. The molecule has 3 rings (SSSR count). The number of hydrogen-bond donors (Lipinski definition) is 2. The van der Waals surface area contributed by atoms with Crippen molar-refractivity contribution in [2.45, 2.75) is 57.4 Å². The summed E-state index contributed by atoms with van der Waals surface area (Å²) in [4.78, 5) is 0. The van der Waals surface area contributed by atoms with Gasteiger partial charge in [0.15, 0.2) is 0 Å². The van der Waals surface area contributed by atoms with Gasteiger partial charge in [-0.2, -0.15) is 4.31 Å². The van der Waals surface area contributed by atoms with Crippen LogP contribution >= 0.6 is 0 Å². The van der Waals surface area contributed by atoms with Gasteiger partial charge in [0.1, 0.15) is 0 Å². The number of nitrogens with zero attached hydrogens (tertiary/aromatic N) is 1. The number of nitrogen functional groups attached to an aromatic ring is 1. The number of benzene rings is 1. The molecule has 1 aromatic rings. The summed E-state index contributed by atoms with van der Waals surface area (Å²) in [5.41, 5.74) is 9.97. The summed E-state index contributed by atoms with van der Waals surface area (Å²) in [6.45, 7) is 5.10. The number of piperazine rings is 1. The Labute approximate surface area is 151 Å². The molecular formula is C19H29N3O2S. The van der Waals surface area contributed by atoms with Crippen molar-refractivity contribution in [3.63, 3.8) is 0 Å². The van der Waals surface area contributed by atoms with Crippen molar-refractivity contribution >= 4 is 21.3 Å². The van der Waals surface area contributed by atoms with Crippen molar-refractivity contribution in [2.24, 2.45) is 0 Å². The highest BCUT2D eigenvalue weighted by molar-refractivity contribution is 7.88. The number of nitrogens with two attached hydrogens (primary N) is 1. The third kappa shape index (κ3) is 4.43. The Balaban J connectivity index is 1.81. The molecule has 0 bridgehead atoms. The third-order valence-electron chi connectivity index (χ3n) is 5.02. The fourth-order valence-corrected chi connectivity index (χ4v) is 5.54. The van der Waals surface area contributed by atoms with Crippen LogP contribution in [0.5, 0.6) is 0 Å². The molecule has 1 aliphatic heterocycles. The molecule has 0 aromatic heterocycles. The van der Waals surface area contributed by atoms with Crippen LogP contribution in [0, 0.1) is 0 Å². The Kier molecular flexibility index (Phi) is 5.51. The second-order valence-corrected chi connectivity index (χ2v) is 9.41. The highest BCUT2D eigenvalue weighted by Gasteiger charge is 2.30. The minimum atomic E-state index is -3.33. The average molecular weight is 364 g/mol. The minimum Gasteiger partial charge on any atom is -0.398 e. The number of rotatable bonds is 4. The van der Waals surface area contributed by atoms with E-state index in [1.165, 1.54) is 18.4 Å².